The molecule has 0 radical (unpaired) electrons. The standard InChI is InChI=1S/C15H15ClFN3O3/c1-9-13(16)14(18-19(9)2)15(23)20(8-12(21)22)7-10-3-5-11(17)6-4-10/h3-6H,7-8H2,1-2H3,(H,21,22). The van der Waals surface area contributed by atoms with E-state index < -0.39 is 24.2 Å². The maximum atomic E-state index is 13.0. The summed E-state index contributed by atoms with van der Waals surface area (Å²) in [5.41, 5.74) is 1.20. The highest BCUT2D eigenvalue weighted by Crippen LogP contribution is 2.21. The van der Waals surface area contributed by atoms with Gasteiger partial charge in [0.15, 0.2) is 5.69 Å². The van der Waals surface area contributed by atoms with Crippen molar-refractivity contribution in [3.63, 3.8) is 0 Å². The Morgan fingerprint density at radius 3 is 2.43 bits per heavy atom. The minimum absolute atomic E-state index is 0.00460. The van der Waals surface area contributed by atoms with E-state index in [-0.39, 0.29) is 17.3 Å². The lowest BCUT2D eigenvalue weighted by Gasteiger charge is -2.20. The normalized spacial score (nSPS) is 10.6. The van der Waals surface area contributed by atoms with Crippen LogP contribution in [0.1, 0.15) is 21.7 Å². The molecule has 1 aromatic heterocycles. The van der Waals surface area contributed by atoms with Crippen molar-refractivity contribution in [3.8, 4) is 0 Å². The molecule has 0 spiro atoms. The summed E-state index contributed by atoms with van der Waals surface area (Å²) in [5.74, 6) is -2.16. The average molecular weight is 340 g/mol. The van der Waals surface area contributed by atoms with Gasteiger partial charge in [-0.3, -0.25) is 14.3 Å². The Bertz CT molecular complexity index is 743. The maximum absolute atomic E-state index is 13.0. The molecule has 0 aliphatic carbocycles. The molecule has 0 bridgehead atoms. The lowest BCUT2D eigenvalue weighted by atomic mass is 10.2. The molecule has 0 fully saturated rings. The number of aromatic nitrogens is 2. The number of carboxylic acids is 1. The molecule has 0 unspecified atom stereocenters. The zero-order valence-corrected chi connectivity index (χ0v) is 13.3. The first-order valence-corrected chi connectivity index (χ1v) is 7.12. The minimum Gasteiger partial charge on any atom is -0.480 e. The number of halogens is 2. The van der Waals surface area contributed by atoms with Gasteiger partial charge < -0.3 is 10.0 Å². The molecule has 1 N–H and O–H groups in total. The summed E-state index contributed by atoms with van der Waals surface area (Å²) < 4.78 is 14.4. The summed E-state index contributed by atoms with van der Waals surface area (Å²) in [7, 11) is 1.64. The average Bonchev–Trinajstić information content (AvgIpc) is 2.75. The molecular formula is C15H15ClFN3O3. The highest BCUT2D eigenvalue weighted by molar-refractivity contribution is 6.34. The number of hydrogen-bond donors (Lipinski definition) is 1. The summed E-state index contributed by atoms with van der Waals surface area (Å²) in [6, 6.07) is 5.47. The van der Waals surface area contributed by atoms with E-state index >= 15 is 0 Å². The van der Waals surface area contributed by atoms with Crippen LogP contribution in [0, 0.1) is 12.7 Å². The first-order chi connectivity index (χ1) is 10.8. The molecule has 1 aromatic carbocycles. The fourth-order valence-corrected chi connectivity index (χ4v) is 2.28. The SMILES string of the molecule is Cc1c(Cl)c(C(=O)N(CC(=O)O)Cc2ccc(F)cc2)nn1C. The van der Waals surface area contributed by atoms with Crippen LogP contribution in [0.2, 0.25) is 5.02 Å². The van der Waals surface area contributed by atoms with Crippen LogP contribution in [-0.2, 0) is 18.4 Å². The van der Waals surface area contributed by atoms with E-state index in [1.807, 2.05) is 0 Å². The molecule has 1 amide bonds. The zero-order chi connectivity index (χ0) is 17.1. The minimum atomic E-state index is -1.16. The van der Waals surface area contributed by atoms with Gasteiger partial charge in [0.1, 0.15) is 12.4 Å². The molecule has 0 aliphatic heterocycles. The van der Waals surface area contributed by atoms with Gasteiger partial charge in [-0.15, -0.1) is 0 Å². The smallest absolute Gasteiger partial charge is 0.323 e. The molecule has 1 heterocycles. The Hall–Kier alpha value is -2.41. The van der Waals surface area contributed by atoms with Gasteiger partial charge in [-0.05, 0) is 24.6 Å². The second-order valence-electron chi connectivity index (χ2n) is 5.05. The van der Waals surface area contributed by atoms with Crippen molar-refractivity contribution >= 4 is 23.5 Å². The lowest BCUT2D eigenvalue weighted by Crippen LogP contribution is -2.35. The number of carboxylic acid groups (broad SMARTS) is 1. The monoisotopic (exact) mass is 339 g/mol. The molecule has 0 aliphatic rings. The number of carbonyl (C=O) groups excluding carboxylic acids is 1. The van der Waals surface area contributed by atoms with E-state index in [9.17, 15) is 14.0 Å². The second kappa shape index (κ2) is 6.78. The zero-order valence-electron chi connectivity index (χ0n) is 12.6. The number of aryl methyl sites for hydroxylation is 1. The Balaban J connectivity index is 2.30. The van der Waals surface area contributed by atoms with Crippen LogP contribution in [0.5, 0.6) is 0 Å². The molecule has 122 valence electrons. The van der Waals surface area contributed by atoms with Crippen molar-refractivity contribution < 1.29 is 19.1 Å². The number of aliphatic carboxylic acids is 1. The molecule has 6 nitrogen and oxygen atoms in total. The van der Waals surface area contributed by atoms with E-state index in [1.54, 1.807) is 14.0 Å². The van der Waals surface area contributed by atoms with Crippen molar-refractivity contribution in [1.82, 2.24) is 14.7 Å². The summed E-state index contributed by atoms with van der Waals surface area (Å²) in [6.45, 7) is 1.20. The molecule has 2 rings (SSSR count). The van der Waals surface area contributed by atoms with Gasteiger partial charge >= 0.3 is 5.97 Å². The van der Waals surface area contributed by atoms with Gasteiger partial charge in [-0.1, -0.05) is 23.7 Å². The fraction of sp³-hybridized carbons (Fsp3) is 0.267. The van der Waals surface area contributed by atoms with Crippen LogP contribution in [0.4, 0.5) is 4.39 Å². The molecule has 8 heteroatoms. The highest BCUT2D eigenvalue weighted by atomic mass is 35.5. The Labute approximate surface area is 137 Å². The topological polar surface area (TPSA) is 75.4 Å². The predicted molar refractivity (Wildman–Crippen MR) is 81.7 cm³/mol. The Kier molecular flexibility index (Phi) is 5.00. The summed E-state index contributed by atoms with van der Waals surface area (Å²) in [4.78, 5) is 24.7. The van der Waals surface area contributed by atoms with Crippen molar-refractivity contribution in [2.45, 2.75) is 13.5 Å². The molecule has 23 heavy (non-hydrogen) atoms. The van der Waals surface area contributed by atoms with Gasteiger partial charge in [0, 0.05) is 13.6 Å². The maximum Gasteiger partial charge on any atom is 0.323 e. The first-order valence-electron chi connectivity index (χ1n) is 6.74. The van der Waals surface area contributed by atoms with Crippen molar-refractivity contribution in [2.75, 3.05) is 6.54 Å². The molecule has 2 aromatic rings. The quantitative estimate of drug-likeness (QED) is 0.906. The fourth-order valence-electron chi connectivity index (χ4n) is 2.04. The van der Waals surface area contributed by atoms with Gasteiger partial charge in [-0.25, -0.2) is 4.39 Å². The van der Waals surface area contributed by atoms with E-state index in [4.69, 9.17) is 16.7 Å². The summed E-state index contributed by atoms with van der Waals surface area (Å²) in [5, 5.41) is 13.2. The van der Waals surface area contributed by atoms with Crippen LogP contribution >= 0.6 is 11.6 Å². The third-order valence-corrected chi connectivity index (χ3v) is 3.82. The second-order valence-corrected chi connectivity index (χ2v) is 5.43. The summed E-state index contributed by atoms with van der Waals surface area (Å²) in [6.07, 6.45) is 0. The van der Waals surface area contributed by atoms with E-state index in [0.717, 1.165) is 4.90 Å². The van der Waals surface area contributed by atoms with Crippen LogP contribution in [0.25, 0.3) is 0 Å². The van der Waals surface area contributed by atoms with E-state index in [0.29, 0.717) is 11.3 Å². The largest absolute Gasteiger partial charge is 0.480 e. The molecule has 0 saturated heterocycles. The molecular weight excluding hydrogens is 325 g/mol. The Morgan fingerprint density at radius 1 is 1.35 bits per heavy atom. The Morgan fingerprint density at radius 2 is 1.96 bits per heavy atom. The van der Waals surface area contributed by atoms with Crippen molar-refractivity contribution in [2.24, 2.45) is 7.05 Å². The number of benzene rings is 1. The molecule has 0 saturated carbocycles. The van der Waals surface area contributed by atoms with Gasteiger partial charge in [0.25, 0.3) is 5.91 Å². The third kappa shape index (κ3) is 3.87. The van der Waals surface area contributed by atoms with Crippen molar-refractivity contribution in [3.05, 3.63) is 52.1 Å². The number of hydrogen-bond acceptors (Lipinski definition) is 3. The van der Waals surface area contributed by atoms with Crippen LogP contribution in [-0.4, -0.2) is 38.2 Å². The number of amides is 1. The van der Waals surface area contributed by atoms with Crippen LogP contribution in [0.3, 0.4) is 0 Å². The number of carbonyl (C=O) groups is 2. The van der Waals surface area contributed by atoms with Gasteiger partial charge in [0.05, 0.1) is 10.7 Å². The van der Waals surface area contributed by atoms with Crippen LogP contribution in [0.15, 0.2) is 24.3 Å². The highest BCUT2D eigenvalue weighted by Gasteiger charge is 2.25. The number of rotatable bonds is 5. The lowest BCUT2D eigenvalue weighted by molar-refractivity contribution is -0.137. The predicted octanol–water partition coefficient (Wildman–Crippen LogP) is 2.25. The number of nitrogens with zero attached hydrogens (tertiary/aromatic N) is 3. The molecule has 0 atom stereocenters. The van der Waals surface area contributed by atoms with E-state index in [2.05, 4.69) is 5.10 Å². The van der Waals surface area contributed by atoms with Crippen LogP contribution < -0.4 is 0 Å². The van der Waals surface area contributed by atoms with Gasteiger partial charge in [0.2, 0.25) is 0 Å². The first kappa shape index (κ1) is 17.0. The third-order valence-electron chi connectivity index (χ3n) is 3.36. The van der Waals surface area contributed by atoms with E-state index in [1.165, 1.54) is 28.9 Å². The van der Waals surface area contributed by atoms with Crippen molar-refractivity contribution in [1.29, 1.82) is 0 Å². The summed E-state index contributed by atoms with van der Waals surface area (Å²) >= 11 is 6.09. The van der Waals surface area contributed by atoms with Gasteiger partial charge in [-0.2, -0.15) is 5.10 Å².